The highest BCUT2D eigenvalue weighted by molar-refractivity contribution is 6.04. The predicted octanol–water partition coefficient (Wildman–Crippen LogP) is 3.25. The van der Waals surface area contributed by atoms with Crippen molar-refractivity contribution >= 4 is 23.2 Å². The average molecular weight is 416 g/mol. The van der Waals surface area contributed by atoms with Gasteiger partial charge in [-0.3, -0.25) is 14.6 Å². The molecule has 154 valence electrons. The third-order valence-electron chi connectivity index (χ3n) is 5.00. The molecule has 0 spiro atoms. The molecular weight excluding hydrogens is 399 g/mol. The van der Waals surface area contributed by atoms with E-state index in [0.717, 1.165) is 0 Å². The third-order valence-corrected chi connectivity index (χ3v) is 5.00. The van der Waals surface area contributed by atoms with Crippen molar-refractivity contribution < 1.29 is 18.7 Å². The lowest BCUT2D eigenvalue weighted by atomic mass is 9.81. The second-order valence-corrected chi connectivity index (χ2v) is 7.11. The smallest absolute Gasteiger partial charge is 0.255 e. The van der Waals surface area contributed by atoms with E-state index in [9.17, 15) is 14.0 Å². The number of ether oxygens (including phenoxy) is 1. The van der Waals surface area contributed by atoms with Crippen molar-refractivity contribution in [2.24, 2.45) is 0 Å². The summed E-state index contributed by atoms with van der Waals surface area (Å²) in [5.74, 6) is -1.07. The van der Waals surface area contributed by atoms with Gasteiger partial charge in [0.15, 0.2) is 0 Å². The van der Waals surface area contributed by atoms with Crippen molar-refractivity contribution in [1.29, 1.82) is 5.26 Å². The van der Waals surface area contributed by atoms with E-state index in [-0.39, 0.29) is 25.0 Å². The van der Waals surface area contributed by atoms with Crippen LogP contribution in [0.15, 0.2) is 66.9 Å². The zero-order chi connectivity index (χ0) is 21.8. The van der Waals surface area contributed by atoms with E-state index in [1.165, 1.54) is 36.5 Å². The molecule has 1 aliphatic rings. The van der Waals surface area contributed by atoms with Gasteiger partial charge in [0, 0.05) is 11.3 Å². The van der Waals surface area contributed by atoms with Crippen LogP contribution in [-0.2, 0) is 14.9 Å². The van der Waals surface area contributed by atoms with Gasteiger partial charge in [-0.1, -0.05) is 6.07 Å². The third kappa shape index (κ3) is 4.13. The van der Waals surface area contributed by atoms with Gasteiger partial charge in [-0.2, -0.15) is 5.26 Å². The molecule has 2 N–H and O–H groups in total. The number of hydrogen-bond acceptors (Lipinski definition) is 5. The fourth-order valence-electron chi connectivity index (χ4n) is 3.17. The number of rotatable bonds is 5. The Balaban J connectivity index is 1.48. The summed E-state index contributed by atoms with van der Waals surface area (Å²) in [6.45, 7) is 0.333. The monoisotopic (exact) mass is 416 g/mol. The number of anilines is 2. The Labute approximate surface area is 177 Å². The molecule has 0 radical (unpaired) electrons. The van der Waals surface area contributed by atoms with Crippen molar-refractivity contribution in [2.45, 2.75) is 5.41 Å². The van der Waals surface area contributed by atoms with Gasteiger partial charge in [-0.05, 0) is 54.6 Å². The molecule has 2 aromatic carbocycles. The van der Waals surface area contributed by atoms with Gasteiger partial charge < -0.3 is 15.4 Å². The summed E-state index contributed by atoms with van der Waals surface area (Å²) in [5.41, 5.74) is 1.21. The second kappa shape index (κ2) is 8.34. The molecule has 2 heterocycles. The maximum Gasteiger partial charge on any atom is 0.255 e. The Kier molecular flexibility index (Phi) is 5.43. The zero-order valence-electron chi connectivity index (χ0n) is 16.3. The number of nitriles is 1. The highest BCUT2D eigenvalue weighted by Gasteiger charge is 2.48. The minimum absolute atomic E-state index is 0.166. The number of nitrogens with zero attached hydrogens (tertiary/aromatic N) is 2. The fraction of sp³-hybridized carbons (Fsp3) is 0.130. The van der Waals surface area contributed by atoms with Crippen LogP contribution in [0.4, 0.5) is 15.8 Å². The van der Waals surface area contributed by atoms with Crippen LogP contribution in [0.5, 0.6) is 0 Å². The number of carbonyl (C=O) groups excluding carboxylic acids is 2. The Morgan fingerprint density at radius 2 is 1.77 bits per heavy atom. The van der Waals surface area contributed by atoms with Crippen LogP contribution in [0.25, 0.3) is 0 Å². The van der Waals surface area contributed by atoms with Gasteiger partial charge in [0.05, 0.1) is 42.4 Å². The number of pyridine rings is 1. The molecule has 0 saturated carbocycles. The van der Waals surface area contributed by atoms with Gasteiger partial charge in [0.1, 0.15) is 11.2 Å². The molecular formula is C23H17FN4O3. The molecule has 7 nitrogen and oxygen atoms in total. The normalized spacial score (nSPS) is 14.1. The van der Waals surface area contributed by atoms with Crippen LogP contribution in [-0.4, -0.2) is 30.0 Å². The number of halogens is 1. The van der Waals surface area contributed by atoms with E-state index in [0.29, 0.717) is 28.2 Å². The van der Waals surface area contributed by atoms with Gasteiger partial charge >= 0.3 is 0 Å². The lowest BCUT2D eigenvalue weighted by Crippen LogP contribution is -2.56. The van der Waals surface area contributed by atoms with Crippen molar-refractivity contribution in [3.63, 3.8) is 0 Å². The van der Waals surface area contributed by atoms with Crippen molar-refractivity contribution in [3.05, 3.63) is 89.5 Å². The van der Waals surface area contributed by atoms with E-state index in [2.05, 4.69) is 15.6 Å². The number of aromatic nitrogens is 1. The Hall–Kier alpha value is -4.09. The SMILES string of the molecule is N#Cc1cccc(C(=O)Nc2ccc(C3(C(=O)Nc4ccc(F)cc4)COC3)nc2)c1. The topological polar surface area (TPSA) is 104 Å². The second-order valence-electron chi connectivity index (χ2n) is 7.11. The summed E-state index contributed by atoms with van der Waals surface area (Å²) in [6, 6.07) is 17.2. The first-order valence-corrected chi connectivity index (χ1v) is 9.43. The van der Waals surface area contributed by atoms with E-state index in [1.807, 2.05) is 6.07 Å². The maximum atomic E-state index is 13.1. The molecule has 0 bridgehead atoms. The molecule has 1 aliphatic heterocycles. The first kappa shape index (κ1) is 20.2. The van der Waals surface area contributed by atoms with Gasteiger partial charge in [-0.25, -0.2) is 4.39 Å². The summed E-state index contributed by atoms with van der Waals surface area (Å²) in [5, 5.41) is 14.5. The minimum Gasteiger partial charge on any atom is -0.378 e. The van der Waals surface area contributed by atoms with Crippen LogP contribution in [0.3, 0.4) is 0 Å². The first-order valence-electron chi connectivity index (χ1n) is 9.43. The number of amides is 2. The minimum atomic E-state index is -0.960. The maximum absolute atomic E-state index is 13.1. The molecule has 1 saturated heterocycles. The van der Waals surface area contributed by atoms with E-state index < -0.39 is 11.2 Å². The fourth-order valence-corrected chi connectivity index (χ4v) is 3.17. The van der Waals surface area contributed by atoms with Crippen LogP contribution in [0.2, 0.25) is 0 Å². The Bertz CT molecular complexity index is 1170. The lowest BCUT2D eigenvalue weighted by molar-refractivity contribution is -0.140. The van der Waals surface area contributed by atoms with Gasteiger partial charge in [0.2, 0.25) is 5.91 Å². The highest BCUT2D eigenvalue weighted by atomic mass is 19.1. The van der Waals surface area contributed by atoms with Crippen molar-refractivity contribution in [3.8, 4) is 6.07 Å². The van der Waals surface area contributed by atoms with Gasteiger partial charge in [-0.15, -0.1) is 0 Å². The summed E-state index contributed by atoms with van der Waals surface area (Å²) in [6.07, 6.45) is 1.46. The first-order chi connectivity index (χ1) is 15.0. The van der Waals surface area contributed by atoms with Gasteiger partial charge in [0.25, 0.3) is 5.91 Å². The van der Waals surface area contributed by atoms with Crippen LogP contribution >= 0.6 is 0 Å². The Morgan fingerprint density at radius 1 is 1.03 bits per heavy atom. The molecule has 1 aromatic heterocycles. The number of hydrogen-bond donors (Lipinski definition) is 2. The molecule has 1 fully saturated rings. The number of carbonyl (C=O) groups is 2. The lowest BCUT2D eigenvalue weighted by Gasteiger charge is -2.39. The highest BCUT2D eigenvalue weighted by Crippen LogP contribution is 2.33. The molecule has 8 heteroatoms. The molecule has 4 rings (SSSR count). The quantitative estimate of drug-likeness (QED) is 0.664. The van der Waals surface area contributed by atoms with Crippen LogP contribution in [0, 0.1) is 17.1 Å². The Morgan fingerprint density at radius 3 is 2.39 bits per heavy atom. The zero-order valence-corrected chi connectivity index (χ0v) is 16.3. The molecule has 0 aliphatic carbocycles. The molecule has 3 aromatic rings. The molecule has 0 atom stereocenters. The molecule has 2 amide bonds. The van der Waals surface area contributed by atoms with E-state index in [1.54, 1.807) is 30.3 Å². The van der Waals surface area contributed by atoms with Crippen molar-refractivity contribution in [2.75, 3.05) is 23.8 Å². The number of benzene rings is 2. The van der Waals surface area contributed by atoms with E-state index >= 15 is 0 Å². The standard InChI is InChI=1S/C23H17FN4O3/c24-17-4-6-18(7-5-17)28-22(30)23(13-31-14-23)20-9-8-19(12-26-20)27-21(29)16-3-1-2-15(10-16)11-25/h1-10,12H,13-14H2,(H,27,29)(H,28,30). The summed E-state index contributed by atoms with van der Waals surface area (Å²) < 4.78 is 18.4. The van der Waals surface area contributed by atoms with Crippen LogP contribution < -0.4 is 10.6 Å². The summed E-state index contributed by atoms with van der Waals surface area (Å²) >= 11 is 0. The average Bonchev–Trinajstić information content (AvgIpc) is 2.76. The number of nitrogens with one attached hydrogen (secondary N) is 2. The largest absolute Gasteiger partial charge is 0.378 e. The summed E-state index contributed by atoms with van der Waals surface area (Å²) in [7, 11) is 0. The molecule has 31 heavy (non-hydrogen) atoms. The molecule has 0 unspecified atom stereocenters. The van der Waals surface area contributed by atoms with Crippen LogP contribution in [0.1, 0.15) is 21.6 Å². The van der Waals surface area contributed by atoms with Crippen molar-refractivity contribution in [1.82, 2.24) is 4.98 Å². The summed E-state index contributed by atoms with van der Waals surface area (Å²) in [4.78, 5) is 29.7. The predicted molar refractivity (Wildman–Crippen MR) is 111 cm³/mol. The van der Waals surface area contributed by atoms with E-state index in [4.69, 9.17) is 10.00 Å².